The highest BCUT2D eigenvalue weighted by Gasteiger charge is 2.23. The number of hydrogen-bond donors (Lipinski definition) is 3. The van der Waals surface area contributed by atoms with E-state index in [1.807, 2.05) is 18.6 Å². The molecule has 3 aromatic heterocycles. The Morgan fingerprint density at radius 3 is 2.68 bits per heavy atom. The van der Waals surface area contributed by atoms with Crippen molar-refractivity contribution in [3.8, 4) is 0 Å². The molecule has 164 valence electrons. The van der Waals surface area contributed by atoms with Crippen LogP contribution in [0.1, 0.15) is 63.0 Å². The van der Waals surface area contributed by atoms with Gasteiger partial charge in [0, 0.05) is 37.1 Å². The van der Waals surface area contributed by atoms with E-state index in [1.165, 1.54) is 31.2 Å². The Hall–Kier alpha value is -2.74. The van der Waals surface area contributed by atoms with Gasteiger partial charge in [-0.25, -0.2) is 4.98 Å². The van der Waals surface area contributed by atoms with Crippen LogP contribution >= 0.6 is 0 Å². The quantitative estimate of drug-likeness (QED) is 0.535. The third-order valence-corrected chi connectivity index (χ3v) is 6.67. The number of nitrogens with two attached hydrogens (primary N) is 1. The fourth-order valence-corrected chi connectivity index (χ4v) is 4.87. The van der Waals surface area contributed by atoms with Gasteiger partial charge in [0.25, 0.3) is 0 Å². The second-order valence-electron chi connectivity index (χ2n) is 8.95. The lowest BCUT2D eigenvalue weighted by Gasteiger charge is -2.27. The highest BCUT2D eigenvalue weighted by atomic mass is 15.2. The highest BCUT2D eigenvalue weighted by Crippen LogP contribution is 2.33. The lowest BCUT2D eigenvalue weighted by atomic mass is 9.92. The summed E-state index contributed by atoms with van der Waals surface area (Å²) < 4.78 is 2.26. The number of nitrogens with zero attached hydrogens (tertiary/aromatic N) is 5. The number of rotatable bonds is 7. The molecule has 0 bridgehead atoms. The zero-order valence-electron chi connectivity index (χ0n) is 18.0. The fourth-order valence-electron chi connectivity index (χ4n) is 4.87. The van der Waals surface area contributed by atoms with E-state index in [4.69, 9.17) is 20.7 Å². The molecule has 4 N–H and O–H groups in total. The molecule has 0 atom stereocenters. The monoisotopic (exact) mass is 420 g/mol. The molecular formula is C23H32N8. The van der Waals surface area contributed by atoms with Crippen LogP contribution in [0, 0.1) is 0 Å². The second-order valence-corrected chi connectivity index (χ2v) is 8.95. The van der Waals surface area contributed by atoms with E-state index in [-0.39, 0.29) is 0 Å². The third-order valence-electron chi connectivity index (χ3n) is 6.67. The summed E-state index contributed by atoms with van der Waals surface area (Å²) in [4.78, 5) is 18.7. The van der Waals surface area contributed by atoms with Crippen LogP contribution in [0.2, 0.25) is 0 Å². The van der Waals surface area contributed by atoms with Crippen molar-refractivity contribution in [1.29, 1.82) is 0 Å². The lowest BCUT2D eigenvalue weighted by Crippen LogP contribution is -2.33. The first-order chi connectivity index (χ1) is 15.3. The van der Waals surface area contributed by atoms with Crippen molar-refractivity contribution in [3.63, 3.8) is 0 Å². The maximum atomic E-state index is 6.08. The SMILES string of the molecule is NC1CCC(Nc2nc(NCCc3cccnc3)c3ncn(C4CCCC4)c3n2)CC1. The maximum absolute atomic E-state index is 6.08. The Balaban J connectivity index is 1.39. The minimum atomic E-state index is 0.329. The van der Waals surface area contributed by atoms with Crippen LogP contribution in [0.4, 0.5) is 11.8 Å². The fraction of sp³-hybridized carbons (Fsp3) is 0.565. The van der Waals surface area contributed by atoms with Crippen molar-refractivity contribution in [2.45, 2.75) is 75.9 Å². The summed E-state index contributed by atoms with van der Waals surface area (Å²) in [7, 11) is 0. The topological polar surface area (TPSA) is 107 Å². The second kappa shape index (κ2) is 9.18. The largest absolute Gasteiger partial charge is 0.368 e. The van der Waals surface area contributed by atoms with Crippen molar-refractivity contribution in [2.24, 2.45) is 5.73 Å². The molecule has 5 rings (SSSR count). The predicted molar refractivity (Wildman–Crippen MR) is 123 cm³/mol. The molecule has 2 aliphatic carbocycles. The van der Waals surface area contributed by atoms with E-state index in [0.717, 1.165) is 55.6 Å². The normalized spacial score (nSPS) is 22.1. The summed E-state index contributed by atoms with van der Waals surface area (Å²) in [6.45, 7) is 0.770. The van der Waals surface area contributed by atoms with E-state index >= 15 is 0 Å². The van der Waals surface area contributed by atoms with Gasteiger partial charge in [-0.3, -0.25) is 4.98 Å². The predicted octanol–water partition coefficient (Wildman–Crippen LogP) is 3.67. The van der Waals surface area contributed by atoms with Gasteiger partial charge in [-0.15, -0.1) is 0 Å². The first-order valence-corrected chi connectivity index (χ1v) is 11.7. The molecule has 2 aliphatic rings. The van der Waals surface area contributed by atoms with Crippen LogP contribution in [0.5, 0.6) is 0 Å². The number of aromatic nitrogens is 5. The molecule has 3 aromatic rings. The minimum Gasteiger partial charge on any atom is -0.368 e. The molecule has 0 unspecified atom stereocenters. The van der Waals surface area contributed by atoms with Crippen LogP contribution in [-0.4, -0.2) is 43.1 Å². The van der Waals surface area contributed by atoms with Crippen molar-refractivity contribution < 1.29 is 0 Å². The van der Waals surface area contributed by atoms with Gasteiger partial charge in [-0.1, -0.05) is 18.9 Å². The van der Waals surface area contributed by atoms with E-state index in [9.17, 15) is 0 Å². The molecule has 0 aromatic carbocycles. The summed E-state index contributed by atoms with van der Waals surface area (Å²) in [5, 5.41) is 7.09. The molecule has 0 radical (unpaired) electrons. The van der Waals surface area contributed by atoms with Crippen molar-refractivity contribution in [2.75, 3.05) is 17.2 Å². The molecule has 0 amide bonds. The van der Waals surface area contributed by atoms with Gasteiger partial charge >= 0.3 is 0 Å². The molecule has 0 spiro atoms. The minimum absolute atomic E-state index is 0.329. The molecule has 8 heteroatoms. The number of pyridine rings is 1. The first kappa shape index (κ1) is 20.2. The molecular weight excluding hydrogens is 388 g/mol. The molecule has 8 nitrogen and oxygen atoms in total. The van der Waals surface area contributed by atoms with Crippen LogP contribution in [0.25, 0.3) is 11.2 Å². The van der Waals surface area contributed by atoms with Crippen molar-refractivity contribution >= 4 is 22.9 Å². The van der Waals surface area contributed by atoms with E-state index in [0.29, 0.717) is 24.1 Å². The summed E-state index contributed by atoms with van der Waals surface area (Å²) in [5.74, 6) is 1.50. The average Bonchev–Trinajstić information content (AvgIpc) is 3.46. The molecule has 3 heterocycles. The third kappa shape index (κ3) is 4.63. The zero-order chi connectivity index (χ0) is 21.0. The Morgan fingerprint density at radius 1 is 1.06 bits per heavy atom. The van der Waals surface area contributed by atoms with Crippen LogP contribution in [0.3, 0.4) is 0 Å². The van der Waals surface area contributed by atoms with Crippen LogP contribution < -0.4 is 16.4 Å². The van der Waals surface area contributed by atoms with Gasteiger partial charge in [0.15, 0.2) is 17.0 Å². The zero-order valence-corrected chi connectivity index (χ0v) is 18.0. The lowest BCUT2D eigenvalue weighted by molar-refractivity contribution is 0.410. The summed E-state index contributed by atoms with van der Waals surface area (Å²) in [6, 6.07) is 5.27. The summed E-state index contributed by atoms with van der Waals surface area (Å²) >= 11 is 0. The van der Waals surface area contributed by atoms with E-state index in [2.05, 4.69) is 26.3 Å². The molecule has 2 saturated carbocycles. The molecule has 2 fully saturated rings. The summed E-state index contributed by atoms with van der Waals surface area (Å²) in [5.41, 5.74) is 9.07. The highest BCUT2D eigenvalue weighted by molar-refractivity contribution is 5.84. The smallest absolute Gasteiger partial charge is 0.227 e. The summed E-state index contributed by atoms with van der Waals surface area (Å²) in [6.07, 6.45) is 15.7. The maximum Gasteiger partial charge on any atom is 0.227 e. The van der Waals surface area contributed by atoms with Crippen LogP contribution in [-0.2, 0) is 6.42 Å². The van der Waals surface area contributed by atoms with E-state index < -0.39 is 0 Å². The number of hydrogen-bond acceptors (Lipinski definition) is 7. The Bertz CT molecular complexity index is 987. The van der Waals surface area contributed by atoms with E-state index in [1.54, 1.807) is 6.20 Å². The number of nitrogens with one attached hydrogen (secondary N) is 2. The number of anilines is 2. The Morgan fingerprint density at radius 2 is 1.90 bits per heavy atom. The Kier molecular flexibility index (Phi) is 5.97. The number of fused-ring (bicyclic) bond motifs is 1. The van der Waals surface area contributed by atoms with Gasteiger partial charge in [0.1, 0.15) is 0 Å². The van der Waals surface area contributed by atoms with Gasteiger partial charge in [-0.2, -0.15) is 9.97 Å². The van der Waals surface area contributed by atoms with Gasteiger partial charge in [0.05, 0.1) is 6.33 Å². The average molecular weight is 421 g/mol. The van der Waals surface area contributed by atoms with Gasteiger partial charge in [-0.05, 0) is 56.6 Å². The standard InChI is InChI=1S/C23H32N8/c24-17-7-9-18(10-8-17)28-23-29-21(26-13-11-16-4-3-12-25-14-16)20-22(30-23)31(15-27-20)19-5-1-2-6-19/h3-4,12,14-15,17-19H,1-2,5-11,13,24H2,(H2,26,28,29,30). The molecule has 31 heavy (non-hydrogen) atoms. The Labute approximate surface area is 183 Å². The number of imidazole rings is 1. The van der Waals surface area contributed by atoms with Gasteiger partial charge < -0.3 is 20.9 Å². The molecule has 0 saturated heterocycles. The van der Waals surface area contributed by atoms with Gasteiger partial charge in [0.2, 0.25) is 5.95 Å². The molecule has 0 aliphatic heterocycles. The van der Waals surface area contributed by atoms with Crippen molar-refractivity contribution in [1.82, 2.24) is 24.5 Å². The first-order valence-electron chi connectivity index (χ1n) is 11.7. The van der Waals surface area contributed by atoms with Crippen molar-refractivity contribution in [3.05, 3.63) is 36.4 Å². The van der Waals surface area contributed by atoms with Crippen LogP contribution in [0.15, 0.2) is 30.9 Å².